The molecular formula is C34H22ClNS. The van der Waals surface area contributed by atoms with E-state index >= 15 is 0 Å². The van der Waals surface area contributed by atoms with Crippen molar-refractivity contribution in [1.29, 1.82) is 0 Å². The standard InChI is InChI=1S/C34H22ClNS/c35-27-13-18-31-32-22-30(17-19-33(32)37-34(31)21-27)36(29-16-12-24-8-4-5-9-26(24)20-29)28-14-10-25(11-15-28)23-6-2-1-3-7-23/h1-22H. The van der Waals surface area contributed by atoms with E-state index in [0.717, 1.165) is 22.1 Å². The topological polar surface area (TPSA) is 3.24 Å². The molecule has 0 N–H and O–H groups in total. The minimum atomic E-state index is 0.774. The van der Waals surface area contributed by atoms with Crippen molar-refractivity contribution in [3.63, 3.8) is 0 Å². The summed E-state index contributed by atoms with van der Waals surface area (Å²) >= 11 is 8.08. The van der Waals surface area contributed by atoms with Gasteiger partial charge in [0.2, 0.25) is 0 Å². The molecule has 0 saturated heterocycles. The van der Waals surface area contributed by atoms with Gasteiger partial charge in [-0.2, -0.15) is 0 Å². The Morgan fingerprint density at radius 2 is 1.14 bits per heavy atom. The normalized spacial score (nSPS) is 11.4. The zero-order valence-corrected chi connectivity index (χ0v) is 21.5. The van der Waals surface area contributed by atoms with Gasteiger partial charge in [-0.1, -0.05) is 90.5 Å². The fourth-order valence-corrected chi connectivity index (χ4v) is 6.44. The number of anilines is 3. The van der Waals surface area contributed by atoms with Gasteiger partial charge in [0.25, 0.3) is 0 Å². The van der Waals surface area contributed by atoms with Gasteiger partial charge in [-0.05, 0) is 76.5 Å². The highest BCUT2D eigenvalue weighted by molar-refractivity contribution is 7.25. The average Bonchev–Trinajstić information content (AvgIpc) is 3.31. The van der Waals surface area contributed by atoms with Gasteiger partial charge in [-0.15, -0.1) is 11.3 Å². The van der Waals surface area contributed by atoms with Crippen LogP contribution < -0.4 is 4.90 Å². The molecule has 0 aliphatic heterocycles. The molecule has 1 heterocycles. The number of hydrogen-bond acceptors (Lipinski definition) is 2. The molecule has 0 aliphatic carbocycles. The van der Waals surface area contributed by atoms with E-state index in [4.69, 9.17) is 11.6 Å². The van der Waals surface area contributed by atoms with Crippen LogP contribution in [0.5, 0.6) is 0 Å². The highest BCUT2D eigenvalue weighted by Crippen LogP contribution is 2.42. The van der Waals surface area contributed by atoms with Crippen LogP contribution in [-0.2, 0) is 0 Å². The Labute approximate surface area is 224 Å². The molecule has 0 aliphatic rings. The Balaban J connectivity index is 1.41. The number of hydrogen-bond donors (Lipinski definition) is 0. The Morgan fingerprint density at radius 1 is 0.459 bits per heavy atom. The van der Waals surface area contributed by atoms with E-state index in [9.17, 15) is 0 Å². The van der Waals surface area contributed by atoms with E-state index in [0.29, 0.717) is 0 Å². The summed E-state index contributed by atoms with van der Waals surface area (Å²) in [4.78, 5) is 2.35. The third-order valence-electron chi connectivity index (χ3n) is 6.90. The molecule has 6 aromatic carbocycles. The predicted octanol–water partition coefficient (Wildman–Crippen LogP) is 11.0. The molecule has 0 unspecified atom stereocenters. The zero-order chi connectivity index (χ0) is 24.8. The summed E-state index contributed by atoms with van der Waals surface area (Å²) in [5, 5.41) is 5.73. The minimum absolute atomic E-state index is 0.774. The van der Waals surface area contributed by atoms with Gasteiger partial charge < -0.3 is 4.90 Å². The summed E-state index contributed by atoms with van der Waals surface area (Å²) in [5.74, 6) is 0. The quantitative estimate of drug-likeness (QED) is 0.227. The molecule has 7 rings (SSSR count). The molecule has 1 aromatic heterocycles. The van der Waals surface area contributed by atoms with Gasteiger partial charge in [0, 0.05) is 42.3 Å². The molecule has 0 amide bonds. The maximum Gasteiger partial charge on any atom is 0.0468 e. The van der Waals surface area contributed by atoms with E-state index in [1.807, 2.05) is 6.07 Å². The van der Waals surface area contributed by atoms with Gasteiger partial charge in [0.1, 0.15) is 0 Å². The maximum atomic E-state index is 6.29. The smallest absolute Gasteiger partial charge is 0.0468 e. The van der Waals surface area contributed by atoms with Crippen molar-refractivity contribution in [3.8, 4) is 11.1 Å². The molecule has 37 heavy (non-hydrogen) atoms. The van der Waals surface area contributed by atoms with Crippen LogP contribution in [0.25, 0.3) is 42.1 Å². The van der Waals surface area contributed by atoms with Gasteiger partial charge in [-0.3, -0.25) is 0 Å². The number of thiophene rings is 1. The first-order chi connectivity index (χ1) is 18.2. The second-order valence-electron chi connectivity index (χ2n) is 9.20. The molecule has 176 valence electrons. The van der Waals surface area contributed by atoms with Gasteiger partial charge in [0.05, 0.1) is 0 Å². The molecule has 3 heteroatoms. The summed E-state index contributed by atoms with van der Waals surface area (Å²) in [6.07, 6.45) is 0. The van der Waals surface area contributed by atoms with E-state index < -0.39 is 0 Å². The fraction of sp³-hybridized carbons (Fsp3) is 0. The molecule has 0 saturated carbocycles. The summed E-state index contributed by atoms with van der Waals surface area (Å²) < 4.78 is 2.48. The molecule has 1 nitrogen and oxygen atoms in total. The lowest BCUT2D eigenvalue weighted by Crippen LogP contribution is -2.09. The fourth-order valence-electron chi connectivity index (χ4n) is 5.07. The summed E-state index contributed by atoms with van der Waals surface area (Å²) in [6.45, 7) is 0. The molecule has 0 radical (unpaired) electrons. The van der Waals surface area contributed by atoms with Crippen molar-refractivity contribution in [3.05, 3.63) is 138 Å². The molecule has 0 bridgehead atoms. The first-order valence-corrected chi connectivity index (χ1v) is 13.5. The highest BCUT2D eigenvalue weighted by atomic mass is 35.5. The van der Waals surface area contributed by atoms with Crippen molar-refractivity contribution in [1.82, 2.24) is 0 Å². The van der Waals surface area contributed by atoms with E-state index in [1.165, 1.54) is 42.1 Å². The second-order valence-corrected chi connectivity index (χ2v) is 10.7. The van der Waals surface area contributed by atoms with Crippen LogP contribution in [0.3, 0.4) is 0 Å². The highest BCUT2D eigenvalue weighted by Gasteiger charge is 2.16. The Kier molecular flexibility index (Phi) is 5.43. The van der Waals surface area contributed by atoms with Crippen LogP contribution in [0.15, 0.2) is 133 Å². The number of fused-ring (bicyclic) bond motifs is 4. The van der Waals surface area contributed by atoms with Crippen LogP contribution in [0.2, 0.25) is 5.02 Å². The molecule has 7 aromatic rings. The van der Waals surface area contributed by atoms with Gasteiger partial charge in [0.15, 0.2) is 0 Å². The van der Waals surface area contributed by atoms with Crippen LogP contribution in [0, 0.1) is 0 Å². The largest absolute Gasteiger partial charge is 0.310 e. The molecule has 0 fully saturated rings. The lowest BCUT2D eigenvalue weighted by Gasteiger charge is -2.26. The van der Waals surface area contributed by atoms with Crippen molar-refractivity contribution in [2.24, 2.45) is 0 Å². The second kappa shape index (κ2) is 9.08. The minimum Gasteiger partial charge on any atom is -0.310 e. The predicted molar refractivity (Wildman–Crippen MR) is 162 cm³/mol. The van der Waals surface area contributed by atoms with Crippen LogP contribution in [0.1, 0.15) is 0 Å². The number of nitrogens with zero attached hydrogens (tertiary/aromatic N) is 1. The molecule has 0 spiro atoms. The van der Waals surface area contributed by atoms with Gasteiger partial charge in [-0.25, -0.2) is 0 Å². The van der Waals surface area contributed by atoms with Gasteiger partial charge >= 0.3 is 0 Å². The third kappa shape index (κ3) is 4.05. The monoisotopic (exact) mass is 511 g/mol. The third-order valence-corrected chi connectivity index (χ3v) is 8.27. The SMILES string of the molecule is Clc1ccc2c(c1)sc1ccc(N(c3ccc(-c4ccccc4)cc3)c3ccc4ccccc4c3)cc12. The zero-order valence-electron chi connectivity index (χ0n) is 19.9. The number of benzene rings is 6. The Morgan fingerprint density at radius 3 is 1.97 bits per heavy atom. The summed E-state index contributed by atoms with van der Waals surface area (Å²) in [6, 6.07) is 47.5. The van der Waals surface area contributed by atoms with Crippen molar-refractivity contribution in [2.45, 2.75) is 0 Å². The summed E-state index contributed by atoms with van der Waals surface area (Å²) in [7, 11) is 0. The van der Waals surface area contributed by atoms with Crippen LogP contribution >= 0.6 is 22.9 Å². The lowest BCUT2D eigenvalue weighted by molar-refractivity contribution is 1.30. The number of rotatable bonds is 4. The van der Waals surface area contributed by atoms with Crippen molar-refractivity contribution < 1.29 is 0 Å². The first-order valence-electron chi connectivity index (χ1n) is 12.3. The number of halogens is 1. The van der Waals surface area contributed by atoms with E-state index in [2.05, 4.69) is 132 Å². The van der Waals surface area contributed by atoms with Crippen LogP contribution in [-0.4, -0.2) is 0 Å². The van der Waals surface area contributed by atoms with E-state index in [-0.39, 0.29) is 0 Å². The molecule has 0 atom stereocenters. The maximum absolute atomic E-state index is 6.29. The van der Waals surface area contributed by atoms with Crippen LogP contribution in [0.4, 0.5) is 17.1 Å². The lowest BCUT2D eigenvalue weighted by atomic mass is 10.0. The van der Waals surface area contributed by atoms with E-state index in [1.54, 1.807) is 11.3 Å². The van der Waals surface area contributed by atoms with Crippen molar-refractivity contribution in [2.75, 3.05) is 4.90 Å². The summed E-state index contributed by atoms with van der Waals surface area (Å²) in [5.41, 5.74) is 5.81. The Hall–Kier alpha value is -4.11. The average molecular weight is 512 g/mol. The van der Waals surface area contributed by atoms with Crippen molar-refractivity contribution >= 4 is 70.9 Å². The Bertz CT molecular complexity index is 1890. The molecular weight excluding hydrogens is 490 g/mol. The first kappa shape index (κ1) is 22.1.